The summed E-state index contributed by atoms with van der Waals surface area (Å²) in [5.41, 5.74) is 1.06. The van der Waals surface area contributed by atoms with Gasteiger partial charge in [-0.05, 0) is 18.1 Å². The lowest BCUT2D eigenvalue weighted by Crippen LogP contribution is -2.30. The zero-order valence-electron chi connectivity index (χ0n) is 10.8. The summed E-state index contributed by atoms with van der Waals surface area (Å²) in [5, 5.41) is 0.425. The predicted molar refractivity (Wildman–Crippen MR) is 73.7 cm³/mol. The molecule has 1 heterocycles. The van der Waals surface area contributed by atoms with Crippen LogP contribution in [0.1, 0.15) is 41.5 Å². The fourth-order valence-electron chi connectivity index (χ4n) is 1.74. The van der Waals surface area contributed by atoms with E-state index < -0.39 is 0 Å². The fraction of sp³-hybridized carbons (Fsp3) is 0.429. The van der Waals surface area contributed by atoms with Crippen LogP contribution in [0.15, 0.2) is 24.3 Å². The number of benzene rings is 1. The lowest BCUT2D eigenvalue weighted by molar-refractivity contribution is 0.0684. The lowest BCUT2D eigenvalue weighted by Gasteiger charge is -2.19. The Hall–Kier alpha value is -1.29. The zero-order chi connectivity index (χ0) is 13.3. The maximum absolute atomic E-state index is 12.1. The first-order chi connectivity index (χ1) is 8.52. The highest BCUT2D eigenvalue weighted by molar-refractivity contribution is 7.99. The van der Waals surface area contributed by atoms with Crippen molar-refractivity contribution in [2.75, 3.05) is 5.88 Å². The molecule has 1 atom stereocenters. The first-order valence-electron chi connectivity index (χ1n) is 6.09. The molecule has 0 fully saturated rings. The summed E-state index contributed by atoms with van der Waals surface area (Å²) in [6.45, 7) is 6.40. The summed E-state index contributed by atoms with van der Waals surface area (Å²) >= 11 is 1.64. The van der Waals surface area contributed by atoms with E-state index in [1.54, 1.807) is 36.0 Å². The van der Waals surface area contributed by atoms with E-state index in [-0.39, 0.29) is 11.8 Å². The van der Waals surface area contributed by atoms with Crippen molar-refractivity contribution in [2.45, 2.75) is 26.0 Å². The van der Waals surface area contributed by atoms with E-state index >= 15 is 0 Å². The molecule has 0 saturated heterocycles. The molecular weight excluding hydrogens is 246 g/mol. The molecule has 18 heavy (non-hydrogen) atoms. The second-order valence-electron chi connectivity index (χ2n) is 4.83. The summed E-state index contributed by atoms with van der Waals surface area (Å²) in [5.74, 6) is 0.634. The Morgan fingerprint density at radius 3 is 2.00 bits per heavy atom. The number of nitrogens with zero attached hydrogens (tertiary/aromatic N) is 1. The molecule has 0 aromatic heterocycles. The summed E-state index contributed by atoms with van der Waals surface area (Å²) in [6, 6.07) is 7.01. The van der Waals surface area contributed by atoms with Crippen LogP contribution in [0.2, 0.25) is 0 Å². The van der Waals surface area contributed by atoms with Crippen molar-refractivity contribution in [3.63, 3.8) is 0 Å². The van der Waals surface area contributed by atoms with Gasteiger partial charge in [0.05, 0.1) is 17.0 Å². The molecule has 1 aliphatic rings. The second kappa shape index (κ2) is 5.14. The van der Waals surface area contributed by atoms with Crippen LogP contribution in [-0.4, -0.2) is 27.8 Å². The molecule has 1 unspecified atom stereocenters. The molecule has 0 aliphatic carbocycles. The molecule has 96 valence electrons. The van der Waals surface area contributed by atoms with Crippen molar-refractivity contribution in [3.8, 4) is 0 Å². The van der Waals surface area contributed by atoms with Gasteiger partial charge in [-0.2, -0.15) is 0 Å². The minimum atomic E-state index is -0.168. The average molecular weight is 263 g/mol. The maximum atomic E-state index is 12.1. The van der Waals surface area contributed by atoms with E-state index in [1.807, 2.05) is 0 Å². The van der Waals surface area contributed by atoms with Crippen LogP contribution in [0, 0.1) is 5.92 Å². The number of imide groups is 1. The SMILES string of the molecule is CC(C)C(C)SCN1C(=O)c2ccccc2C1=O. The zero-order valence-corrected chi connectivity index (χ0v) is 11.7. The largest absolute Gasteiger partial charge is 0.269 e. The number of hydrogen-bond acceptors (Lipinski definition) is 3. The summed E-state index contributed by atoms with van der Waals surface area (Å²) in [7, 11) is 0. The summed E-state index contributed by atoms with van der Waals surface area (Å²) in [4.78, 5) is 25.5. The third-order valence-electron chi connectivity index (χ3n) is 3.28. The van der Waals surface area contributed by atoms with Crippen molar-refractivity contribution in [1.29, 1.82) is 0 Å². The Labute approximate surface area is 112 Å². The number of hydrogen-bond donors (Lipinski definition) is 0. The van der Waals surface area contributed by atoms with Gasteiger partial charge in [0.2, 0.25) is 0 Å². The van der Waals surface area contributed by atoms with E-state index in [9.17, 15) is 9.59 Å². The predicted octanol–water partition coefficient (Wildman–Crippen LogP) is 3.02. The van der Waals surface area contributed by atoms with E-state index in [0.29, 0.717) is 28.2 Å². The standard InChI is InChI=1S/C14H17NO2S/c1-9(2)10(3)18-8-15-13(16)11-6-4-5-7-12(11)14(15)17/h4-7,9-10H,8H2,1-3H3. The number of rotatable bonds is 4. The van der Waals surface area contributed by atoms with Gasteiger partial charge in [0.15, 0.2) is 0 Å². The monoisotopic (exact) mass is 263 g/mol. The van der Waals surface area contributed by atoms with E-state index in [0.717, 1.165) is 0 Å². The molecule has 1 aromatic rings. The van der Waals surface area contributed by atoms with Crippen LogP contribution in [0.5, 0.6) is 0 Å². The lowest BCUT2D eigenvalue weighted by atomic mass is 10.1. The molecule has 0 radical (unpaired) electrons. The molecule has 1 aliphatic heterocycles. The van der Waals surface area contributed by atoms with Gasteiger partial charge in [0, 0.05) is 5.25 Å². The average Bonchev–Trinajstić information content (AvgIpc) is 2.60. The van der Waals surface area contributed by atoms with Gasteiger partial charge >= 0.3 is 0 Å². The Kier molecular flexibility index (Phi) is 3.76. The van der Waals surface area contributed by atoms with Crippen LogP contribution < -0.4 is 0 Å². The van der Waals surface area contributed by atoms with Crippen molar-refractivity contribution in [1.82, 2.24) is 4.90 Å². The van der Waals surface area contributed by atoms with Crippen LogP contribution in [0.3, 0.4) is 0 Å². The number of carbonyl (C=O) groups is 2. The van der Waals surface area contributed by atoms with Crippen LogP contribution in [-0.2, 0) is 0 Å². The molecule has 0 N–H and O–H groups in total. The number of amides is 2. The molecule has 0 saturated carbocycles. The van der Waals surface area contributed by atoms with Gasteiger partial charge in [-0.1, -0.05) is 32.9 Å². The smallest absolute Gasteiger partial charge is 0.262 e. The van der Waals surface area contributed by atoms with Crippen LogP contribution >= 0.6 is 11.8 Å². The Morgan fingerprint density at radius 1 is 1.06 bits per heavy atom. The molecule has 2 amide bonds. The van der Waals surface area contributed by atoms with E-state index in [4.69, 9.17) is 0 Å². The highest BCUT2D eigenvalue weighted by Gasteiger charge is 2.35. The maximum Gasteiger partial charge on any atom is 0.262 e. The third-order valence-corrected chi connectivity index (χ3v) is 4.76. The summed E-state index contributed by atoms with van der Waals surface area (Å²) in [6.07, 6.45) is 0. The Morgan fingerprint density at radius 2 is 1.56 bits per heavy atom. The number of carbonyl (C=O) groups excluding carboxylic acids is 2. The first kappa shape index (κ1) is 13.1. The van der Waals surface area contributed by atoms with Crippen molar-refractivity contribution < 1.29 is 9.59 Å². The second-order valence-corrected chi connectivity index (χ2v) is 6.16. The Balaban J connectivity index is 2.10. The van der Waals surface area contributed by atoms with Gasteiger partial charge in [-0.25, -0.2) is 0 Å². The minimum Gasteiger partial charge on any atom is -0.269 e. The molecule has 0 bridgehead atoms. The third kappa shape index (κ3) is 2.29. The van der Waals surface area contributed by atoms with Gasteiger partial charge < -0.3 is 0 Å². The van der Waals surface area contributed by atoms with Gasteiger partial charge in [-0.3, -0.25) is 14.5 Å². The Bertz CT molecular complexity index is 449. The normalized spacial score (nSPS) is 16.3. The minimum absolute atomic E-state index is 0.168. The van der Waals surface area contributed by atoms with Crippen molar-refractivity contribution in [3.05, 3.63) is 35.4 Å². The highest BCUT2D eigenvalue weighted by Crippen LogP contribution is 2.27. The topological polar surface area (TPSA) is 37.4 Å². The first-order valence-corrected chi connectivity index (χ1v) is 7.14. The van der Waals surface area contributed by atoms with Crippen LogP contribution in [0.25, 0.3) is 0 Å². The van der Waals surface area contributed by atoms with Gasteiger partial charge in [-0.15, -0.1) is 11.8 Å². The van der Waals surface area contributed by atoms with Gasteiger partial charge in [0.25, 0.3) is 11.8 Å². The molecule has 2 rings (SSSR count). The van der Waals surface area contributed by atoms with Crippen molar-refractivity contribution in [2.24, 2.45) is 5.92 Å². The van der Waals surface area contributed by atoms with Gasteiger partial charge in [0.1, 0.15) is 0 Å². The molecule has 1 aromatic carbocycles. The molecular formula is C14H17NO2S. The quantitative estimate of drug-likeness (QED) is 0.784. The molecule has 4 heteroatoms. The fourth-order valence-corrected chi connectivity index (χ4v) is 2.74. The van der Waals surface area contributed by atoms with Crippen LogP contribution in [0.4, 0.5) is 0 Å². The highest BCUT2D eigenvalue weighted by atomic mass is 32.2. The summed E-state index contributed by atoms with van der Waals surface area (Å²) < 4.78 is 0. The molecule has 3 nitrogen and oxygen atoms in total. The number of thioether (sulfide) groups is 1. The van der Waals surface area contributed by atoms with E-state index in [2.05, 4.69) is 20.8 Å². The van der Waals surface area contributed by atoms with Crippen molar-refractivity contribution >= 4 is 23.6 Å². The molecule has 0 spiro atoms. The van der Waals surface area contributed by atoms with E-state index in [1.165, 1.54) is 4.90 Å². The number of fused-ring (bicyclic) bond motifs is 1.